The Bertz CT molecular complexity index is 947. The zero-order chi connectivity index (χ0) is 33.3. The van der Waals surface area contributed by atoms with E-state index in [9.17, 15) is 14.8 Å². The molecule has 0 spiro atoms. The van der Waals surface area contributed by atoms with Crippen molar-refractivity contribution in [2.45, 2.75) is 136 Å². The molecule has 5 atom stereocenters. The van der Waals surface area contributed by atoms with Gasteiger partial charge < -0.3 is 34.9 Å². The van der Waals surface area contributed by atoms with Gasteiger partial charge >= 0.3 is 5.97 Å². The number of amidine groups is 1. The Morgan fingerprint density at radius 2 is 1.73 bits per heavy atom. The first-order valence-electron chi connectivity index (χ1n) is 16.3. The van der Waals surface area contributed by atoms with E-state index >= 15 is 0 Å². The summed E-state index contributed by atoms with van der Waals surface area (Å²) in [5.74, 6) is 0.108. The van der Waals surface area contributed by atoms with Gasteiger partial charge in [-0.1, -0.05) is 91.6 Å². The van der Waals surface area contributed by atoms with Crippen molar-refractivity contribution >= 4 is 29.6 Å². The first kappa shape index (κ1) is 42.4. The van der Waals surface area contributed by atoms with Crippen LogP contribution < -0.4 is 16.1 Å². The molecule has 6 N–H and O–H groups in total. The topological polar surface area (TPSA) is 156 Å². The number of carbonyl (C=O) groups is 1. The summed E-state index contributed by atoms with van der Waals surface area (Å²) in [6, 6.07) is -0.841. The van der Waals surface area contributed by atoms with E-state index in [0.29, 0.717) is 30.2 Å². The third-order valence-corrected chi connectivity index (χ3v) is 8.13. The Morgan fingerprint density at radius 3 is 2.25 bits per heavy atom. The van der Waals surface area contributed by atoms with Crippen LogP contribution in [0.25, 0.3) is 0 Å². The molecule has 11 nitrogen and oxygen atoms in total. The number of aliphatic imine (C=N–C) groups is 1. The van der Waals surface area contributed by atoms with E-state index in [2.05, 4.69) is 36.5 Å². The Hall–Kier alpha value is -1.61. The number of nitrogens with two attached hydrogens (primary N) is 1. The van der Waals surface area contributed by atoms with Gasteiger partial charge in [0.1, 0.15) is 18.0 Å². The average Bonchev–Trinajstić information content (AvgIpc) is 3.40. The van der Waals surface area contributed by atoms with Crippen LogP contribution in [0.2, 0.25) is 0 Å². The van der Waals surface area contributed by atoms with Crippen LogP contribution in [0, 0.1) is 6.92 Å². The summed E-state index contributed by atoms with van der Waals surface area (Å²) in [4.78, 5) is 31.0. The minimum atomic E-state index is -2.10. The number of nitrogens with one attached hydrogen (secondary N) is 2. The van der Waals surface area contributed by atoms with Crippen molar-refractivity contribution in [2.24, 2.45) is 10.7 Å². The van der Waals surface area contributed by atoms with E-state index in [1.807, 2.05) is 45.0 Å². The van der Waals surface area contributed by atoms with E-state index < -0.39 is 20.5 Å². The molecule has 1 aromatic heterocycles. The Kier molecular flexibility index (Phi) is 25.6. The van der Waals surface area contributed by atoms with Gasteiger partial charge in [0.05, 0.1) is 24.9 Å². The highest BCUT2D eigenvalue weighted by Crippen LogP contribution is 2.29. The van der Waals surface area contributed by atoms with E-state index in [1.54, 1.807) is 13.4 Å². The summed E-state index contributed by atoms with van der Waals surface area (Å²) in [5, 5.41) is 15.5. The maximum absolute atomic E-state index is 11.7. The normalized spacial score (nSPS) is 14.8. The molecule has 5 unspecified atom stereocenters. The lowest BCUT2D eigenvalue weighted by atomic mass is 10.0. The number of aromatic nitrogens is 2. The van der Waals surface area contributed by atoms with Gasteiger partial charge in [-0.25, -0.2) is 10.1 Å². The monoisotopic (exact) mass is 660 g/mol. The van der Waals surface area contributed by atoms with E-state index in [4.69, 9.17) is 15.0 Å². The van der Waals surface area contributed by atoms with Crippen LogP contribution in [-0.4, -0.2) is 63.8 Å². The van der Waals surface area contributed by atoms with E-state index in [0.717, 1.165) is 31.4 Å². The number of allylic oxidation sites excluding steroid dienone is 1. The smallest absolute Gasteiger partial charge is 0.321 e. The summed E-state index contributed by atoms with van der Waals surface area (Å²) >= 11 is 0. The fraction of sp³-hybridized carbons (Fsp3) is 0.774. The molecule has 1 aromatic rings. The summed E-state index contributed by atoms with van der Waals surface area (Å²) in [6.45, 7) is 12.1. The van der Waals surface area contributed by atoms with Gasteiger partial charge in [-0.3, -0.25) is 9.79 Å². The molecule has 1 rings (SSSR count). The molecule has 0 aliphatic heterocycles. The molecule has 0 amide bonds. The van der Waals surface area contributed by atoms with E-state index in [-0.39, 0.29) is 18.9 Å². The number of unbranched alkanes of at least 4 members (excludes halogenated alkanes) is 9. The van der Waals surface area contributed by atoms with Crippen LogP contribution in [-0.2, 0) is 14.1 Å². The van der Waals surface area contributed by atoms with Gasteiger partial charge in [0.15, 0.2) is 5.84 Å². The van der Waals surface area contributed by atoms with E-state index in [1.165, 1.54) is 44.9 Å². The summed E-state index contributed by atoms with van der Waals surface area (Å²) in [7, 11) is 1.99. The molecule has 13 heteroatoms. The van der Waals surface area contributed by atoms with Crippen LogP contribution in [0.1, 0.15) is 129 Å². The van der Waals surface area contributed by atoms with Crippen molar-refractivity contribution in [1.29, 1.82) is 0 Å². The van der Waals surface area contributed by atoms with Gasteiger partial charge in [-0.2, -0.15) is 0 Å². The highest BCUT2D eigenvalue weighted by Gasteiger charge is 2.23. The van der Waals surface area contributed by atoms with Crippen LogP contribution in [0.15, 0.2) is 23.2 Å². The molecule has 1 heterocycles. The Balaban J connectivity index is 0.00000904. The molecule has 0 saturated carbocycles. The maximum Gasteiger partial charge on any atom is 0.321 e. The van der Waals surface area contributed by atoms with Gasteiger partial charge in [-0.15, -0.1) is 9.24 Å². The number of imidazole rings is 1. The first-order chi connectivity index (χ1) is 21.2. The number of ether oxygens (including phenoxy) is 1. The van der Waals surface area contributed by atoms with Crippen molar-refractivity contribution in [3.63, 3.8) is 0 Å². The van der Waals surface area contributed by atoms with Gasteiger partial charge in [0.2, 0.25) is 0 Å². The highest BCUT2D eigenvalue weighted by molar-refractivity contribution is 7.43. The van der Waals surface area contributed by atoms with Crippen molar-refractivity contribution in [1.82, 2.24) is 20.0 Å². The lowest BCUT2D eigenvalue weighted by Gasteiger charge is -2.25. The van der Waals surface area contributed by atoms with Crippen molar-refractivity contribution in [3.8, 4) is 0 Å². The molecule has 0 saturated heterocycles. The second-order valence-corrected chi connectivity index (χ2v) is 11.7. The molecule has 0 aliphatic rings. The SMILES string of the molecule is CC/C=C(\N)NC(=NC)c1ncn(C(C)OC(CC)COP(O)NC(CCCCCCCCCCCC)C(=O)O)c1C.CP. The van der Waals surface area contributed by atoms with Crippen molar-refractivity contribution in [3.05, 3.63) is 29.6 Å². The van der Waals surface area contributed by atoms with Crippen LogP contribution in [0.5, 0.6) is 0 Å². The van der Waals surface area contributed by atoms with Crippen molar-refractivity contribution < 1.29 is 24.1 Å². The number of aliphatic carboxylic acids is 1. The molecule has 44 heavy (non-hydrogen) atoms. The van der Waals surface area contributed by atoms with Crippen LogP contribution >= 0.6 is 17.8 Å². The maximum atomic E-state index is 11.7. The number of hydrogen-bond acceptors (Lipinski definition) is 8. The molecule has 0 radical (unpaired) electrons. The fourth-order valence-corrected chi connectivity index (χ4v) is 5.54. The number of rotatable bonds is 24. The molecular weight excluding hydrogens is 598 g/mol. The molecule has 0 aromatic carbocycles. The molecular formula is C31H62N6O5P2. The summed E-state index contributed by atoms with van der Waals surface area (Å²) in [5.41, 5.74) is 7.54. The fourth-order valence-electron chi connectivity index (χ4n) is 4.65. The molecule has 256 valence electrons. The van der Waals surface area contributed by atoms with Gasteiger partial charge in [-0.05, 0) is 39.2 Å². The molecule has 0 bridgehead atoms. The zero-order valence-electron chi connectivity index (χ0n) is 28.3. The predicted octanol–water partition coefficient (Wildman–Crippen LogP) is 6.76. The standard InChI is InChI=1S/C30H57N6O5P.CH5P/c1-7-10-11-12-13-14-15-16-17-18-20-26(30(37)38)35-42(39)40-21-25(9-3)41-24(5)36-22-33-28(23(36)4)29(32-6)34-27(31)19-8-2;1-2/h19,22,24-26,35,39H,7-18,20-21,31H2,1-6H3,(H,32,34)(H,37,38);2H2,1H3/b27-19+;. The third kappa shape index (κ3) is 17.8. The van der Waals surface area contributed by atoms with Gasteiger partial charge in [0.25, 0.3) is 8.53 Å². The third-order valence-electron chi connectivity index (χ3n) is 7.21. The molecule has 0 aliphatic carbocycles. The Morgan fingerprint density at radius 1 is 1.14 bits per heavy atom. The number of carboxylic acid groups (broad SMARTS) is 1. The average molecular weight is 661 g/mol. The summed E-state index contributed by atoms with van der Waals surface area (Å²) in [6.07, 6.45) is 16.7. The van der Waals surface area contributed by atoms with Gasteiger partial charge in [0, 0.05) is 12.7 Å². The number of hydrogen-bond donors (Lipinski definition) is 5. The lowest BCUT2D eigenvalue weighted by Crippen LogP contribution is -2.34. The lowest BCUT2D eigenvalue weighted by molar-refractivity contribution is -0.139. The second-order valence-electron chi connectivity index (χ2n) is 10.7. The van der Waals surface area contributed by atoms with Crippen LogP contribution in [0.4, 0.5) is 0 Å². The predicted molar refractivity (Wildman–Crippen MR) is 187 cm³/mol. The highest BCUT2D eigenvalue weighted by atomic mass is 31.2. The first-order valence-corrected chi connectivity index (χ1v) is 18.6. The number of nitrogens with zero attached hydrogens (tertiary/aromatic N) is 3. The minimum absolute atomic E-state index is 0.128. The Labute approximate surface area is 270 Å². The largest absolute Gasteiger partial charge is 0.480 e. The minimum Gasteiger partial charge on any atom is -0.480 e. The second kappa shape index (κ2) is 26.6. The molecule has 0 fully saturated rings. The quantitative estimate of drug-likeness (QED) is 0.0350. The van der Waals surface area contributed by atoms with Crippen LogP contribution in [0.3, 0.4) is 0 Å². The van der Waals surface area contributed by atoms with Crippen molar-refractivity contribution in [2.75, 3.05) is 20.3 Å². The number of carboxylic acids is 1. The zero-order valence-corrected chi connectivity index (χ0v) is 30.4. The summed E-state index contributed by atoms with van der Waals surface area (Å²) < 4.78 is 13.7.